The first-order valence-corrected chi connectivity index (χ1v) is 8.07. The summed E-state index contributed by atoms with van der Waals surface area (Å²) in [7, 11) is 1.77. The van der Waals surface area contributed by atoms with Crippen molar-refractivity contribution in [3.63, 3.8) is 0 Å². The number of anilines is 2. The molecule has 0 atom stereocenters. The summed E-state index contributed by atoms with van der Waals surface area (Å²) in [6.45, 7) is 0. The quantitative estimate of drug-likeness (QED) is 0.797. The summed E-state index contributed by atoms with van der Waals surface area (Å²) in [6, 6.07) is 3.64. The molecular formula is C14H12ClN5OS. The molecule has 0 bridgehead atoms. The second-order valence-corrected chi connectivity index (χ2v) is 6.79. The lowest BCUT2D eigenvalue weighted by Crippen LogP contribution is -2.19. The van der Waals surface area contributed by atoms with Crippen LogP contribution in [-0.2, 0) is 7.05 Å². The fraction of sp³-hybridized carbons (Fsp3) is 0.286. The van der Waals surface area contributed by atoms with Crippen molar-refractivity contribution in [2.45, 2.75) is 18.8 Å². The molecule has 1 aliphatic carbocycles. The summed E-state index contributed by atoms with van der Waals surface area (Å²) in [5, 5.41) is 11.7. The molecule has 1 N–H and O–H groups in total. The average Bonchev–Trinajstić information content (AvgIpc) is 3.25. The molecule has 3 aromatic heterocycles. The summed E-state index contributed by atoms with van der Waals surface area (Å²) >= 11 is 7.22. The standard InChI is InChI=1S/C14H12ClN5OS/c1-20-6-8(7-2-3-7)4-9(13(20)21)16-14-17-12-10(22-14)5-11(15)18-19-12/h4-7H,2-3H2,1H3,(H,16,17,19). The van der Waals surface area contributed by atoms with Crippen LogP contribution >= 0.6 is 22.9 Å². The molecule has 8 heteroatoms. The molecular weight excluding hydrogens is 322 g/mol. The maximum Gasteiger partial charge on any atom is 0.274 e. The molecule has 0 aromatic carbocycles. The number of aromatic nitrogens is 4. The smallest absolute Gasteiger partial charge is 0.274 e. The summed E-state index contributed by atoms with van der Waals surface area (Å²) < 4.78 is 2.44. The number of hydrogen-bond donors (Lipinski definition) is 1. The van der Waals surface area contributed by atoms with Crippen molar-refractivity contribution in [2.75, 3.05) is 5.32 Å². The first-order chi connectivity index (χ1) is 10.6. The second-order valence-electron chi connectivity index (χ2n) is 5.38. The Hall–Kier alpha value is -1.99. The predicted octanol–water partition coefficient (Wildman–Crippen LogP) is 3.06. The lowest BCUT2D eigenvalue weighted by Gasteiger charge is -2.08. The van der Waals surface area contributed by atoms with Crippen molar-refractivity contribution < 1.29 is 0 Å². The molecule has 0 amide bonds. The Balaban J connectivity index is 1.73. The maximum atomic E-state index is 12.3. The number of pyridine rings is 1. The number of nitrogens with zero attached hydrogens (tertiary/aromatic N) is 4. The van der Waals surface area contributed by atoms with Gasteiger partial charge in [0.15, 0.2) is 15.9 Å². The van der Waals surface area contributed by atoms with Gasteiger partial charge in [0.1, 0.15) is 5.69 Å². The van der Waals surface area contributed by atoms with Crippen molar-refractivity contribution >= 4 is 44.1 Å². The number of hydrogen-bond acceptors (Lipinski definition) is 6. The average molecular weight is 334 g/mol. The van der Waals surface area contributed by atoms with E-state index in [1.54, 1.807) is 17.7 Å². The fourth-order valence-corrected chi connectivity index (χ4v) is 3.42. The van der Waals surface area contributed by atoms with Crippen LogP contribution in [0.3, 0.4) is 0 Å². The van der Waals surface area contributed by atoms with E-state index in [0.29, 0.717) is 27.5 Å². The maximum absolute atomic E-state index is 12.3. The number of halogens is 1. The second kappa shape index (κ2) is 5.03. The van der Waals surface area contributed by atoms with Crippen LogP contribution in [0, 0.1) is 0 Å². The number of fused-ring (bicyclic) bond motifs is 1. The Bertz CT molecular complexity index is 931. The van der Waals surface area contributed by atoms with Gasteiger partial charge in [-0.3, -0.25) is 4.79 Å². The van der Waals surface area contributed by atoms with Gasteiger partial charge >= 0.3 is 0 Å². The Morgan fingerprint density at radius 2 is 2.18 bits per heavy atom. The molecule has 22 heavy (non-hydrogen) atoms. The van der Waals surface area contributed by atoms with Crippen LogP contribution in [0.25, 0.3) is 10.3 Å². The minimum absolute atomic E-state index is 0.0761. The number of aryl methyl sites for hydroxylation is 1. The first-order valence-electron chi connectivity index (χ1n) is 6.87. The van der Waals surface area contributed by atoms with Gasteiger partial charge < -0.3 is 9.88 Å². The van der Waals surface area contributed by atoms with Gasteiger partial charge in [-0.05, 0) is 36.5 Å². The largest absolute Gasteiger partial charge is 0.327 e. The van der Waals surface area contributed by atoms with Crippen LogP contribution in [0.15, 0.2) is 23.1 Å². The van der Waals surface area contributed by atoms with Crippen molar-refractivity contribution in [2.24, 2.45) is 7.05 Å². The first kappa shape index (κ1) is 13.7. The number of thiazole rings is 1. The zero-order valence-corrected chi connectivity index (χ0v) is 13.3. The van der Waals surface area contributed by atoms with Gasteiger partial charge in [0, 0.05) is 13.2 Å². The van der Waals surface area contributed by atoms with Crippen molar-refractivity contribution in [3.05, 3.63) is 39.4 Å². The van der Waals surface area contributed by atoms with Crippen LogP contribution in [-0.4, -0.2) is 19.7 Å². The van der Waals surface area contributed by atoms with Crippen molar-refractivity contribution in [1.82, 2.24) is 19.7 Å². The summed E-state index contributed by atoms with van der Waals surface area (Å²) in [4.78, 5) is 16.6. The molecule has 1 fully saturated rings. The molecule has 0 spiro atoms. The highest BCUT2D eigenvalue weighted by molar-refractivity contribution is 7.22. The SMILES string of the molecule is Cn1cc(C2CC2)cc(Nc2nc3nnc(Cl)cc3s2)c1=O. The zero-order chi connectivity index (χ0) is 15.3. The van der Waals surface area contributed by atoms with E-state index in [1.165, 1.54) is 29.7 Å². The van der Waals surface area contributed by atoms with Gasteiger partial charge in [0.05, 0.1) is 4.70 Å². The van der Waals surface area contributed by atoms with Crippen LogP contribution in [0.4, 0.5) is 10.8 Å². The van der Waals surface area contributed by atoms with E-state index in [4.69, 9.17) is 11.6 Å². The third-order valence-corrected chi connectivity index (χ3v) is 4.71. The van der Waals surface area contributed by atoms with Gasteiger partial charge in [-0.1, -0.05) is 22.9 Å². The molecule has 112 valence electrons. The molecule has 3 aromatic rings. The normalized spacial score (nSPS) is 14.5. The third kappa shape index (κ3) is 2.46. The third-order valence-electron chi connectivity index (χ3n) is 3.62. The highest BCUT2D eigenvalue weighted by Gasteiger charge is 2.25. The Labute approximate surface area is 134 Å². The molecule has 0 aliphatic heterocycles. The van der Waals surface area contributed by atoms with Crippen LogP contribution < -0.4 is 10.9 Å². The molecule has 1 aliphatic rings. The molecule has 0 radical (unpaired) electrons. The minimum Gasteiger partial charge on any atom is -0.327 e. The van der Waals surface area contributed by atoms with Crippen LogP contribution in [0.5, 0.6) is 0 Å². The minimum atomic E-state index is -0.0761. The van der Waals surface area contributed by atoms with E-state index in [9.17, 15) is 4.79 Å². The van der Waals surface area contributed by atoms with Crippen LogP contribution in [0.2, 0.25) is 5.15 Å². The van der Waals surface area contributed by atoms with E-state index in [0.717, 1.165) is 4.70 Å². The summed E-state index contributed by atoms with van der Waals surface area (Å²) in [5.41, 5.74) is 2.17. The van der Waals surface area contributed by atoms with E-state index in [2.05, 4.69) is 20.5 Å². The van der Waals surface area contributed by atoms with E-state index in [1.807, 2.05) is 12.3 Å². The lowest BCUT2D eigenvalue weighted by molar-refractivity contribution is 0.843. The van der Waals surface area contributed by atoms with Gasteiger partial charge in [0.25, 0.3) is 5.56 Å². The summed E-state index contributed by atoms with van der Waals surface area (Å²) in [5.74, 6) is 0.576. The Morgan fingerprint density at radius 1 is 1.36 bits per heavy atom. The van der Waals surface area contributed by atoms with Gasteiger partial charge in [-0.2, -0.15) is 4.98 Å². The number of nitrogens with one attached hydrogen (secondary N) is 1. The van der Waals surface area contributed by atoms with Gasteiger partial charge in [-0.15, -0.1) is 10.2 Å². The molecule has 0 saturated heterocycles. The monoisotopic (exact) mass is 333 g/mol. The highest BCUT2D eigenvalue weighted by Crippen LogP contribution is 2.40. The molecule has 4 rings (SSSR count). The lowest BCUT2D eigenvalue weighted by atomic mass is 10.2. The number of rotatable bonds is 3. The Kier molecular flexibility index (Phi) is 3.12. The van der Waals surface area contributed by atoms with Gasteiger partial charge in [0.2, 0.25) is 0 Å². The van der Waals surface area contributed by atoms with E-state index in [-0.39, 0.29) is 5.56 Å². The predicted molar refractivity (Wildman–Crippen MR) is 87.2 cm³/mol. The summed E-state index contributed by atoms with van der Waals surface area (Å²) in [6.07, 6.45) is 4.29. The van der Waals surface area contributed by atoms with Crippen molar-refractivity contribution in [3.8, 4) is 0 Å². The zero-order valence-electron chi connectivity index (χ0n) is 11.7. The highest BCUT2D eigenvalue weighted by atomic mass is 35.5. The molecule has 1 saturated carbocycles. The Morgan fingerprint density at radius 3 is 2.95 bits per heavy atom. The van der Waals surface area contributed by atoms with Gasteiger partial charge in [-0.25, -0.2) is 0 Å². The topological polar surface area (TPSA) is 72.7 Å². The molecule has 0 unspecified atom stereocenters. The van der Waals surface area contributed by atoms with E-state index >= 15 is 0 Å². The molecule has 3 heterocycles. The van der Waals surface area contributed by atoms with E-state index < -0.39 is 0 Å². The fourth-order valence-electron chi connectivity index (χ4n) is 2.36. The van der Waals surface area contributed by atoms with Crippen molar-refractivity contribution in [1.29, 1.82) is 0 Å². The molecule has 6 nitrogen and oxygen atoms in total. The van der Waals surface area contributed by atoms with Crippen LogP contribution in [0.1, 0.15) is 24.3 Å².